The van der Waals surface area contributed by atoms with Crippen LogP contribution in [0.3, 0.4) is 0 Å². The largest absolute Gasteiger partial charge is 0.444 e. The van der Waals surface area contributed by atoms with E-state index < -0.39 is 5.60 Å². The first-order chi connectivity index (χ1) is 14.9. The van der Waals surface area contributed by atoms with Crippen LogP contribution in [-0.2, 0) is 9.47 Å². The van der Waals surface area contributed by atoms with Crippen LogP contribution in [0.15, 0.2) is 24.4 Å². The summed E-state index contributed by atoms with van der Waals surface area (Å²) in [5.41, 5.74) is 1.63. The Morgan fingerprint density at radius 1 is 1.23 bits per heavy atom. The molecule has 164 valence electrons. The zero-order valence-electron chi connectivity index (χ0n) is 18.1. The summed E-state index contributed by atoms with van der Waals surface area (Å²) < 4.78 is 17.5. The molecule has 0 bridgehead atoms. The van der Waals surface area contributed by atoms with Crippen LogP contribution in [0.2, 0.25) is 0 Å². The highest BCUT2D eigenvalue weighted by atomic mass is 32.1. The number of carbonyl (C=O) groups is 1. The summed E-state index contributed by atoms with van der Waals surface area (Å²) >= 11 is 1.47. The minimum Gasteiger partial charge on any atom is -0.444 e. The van der Waals surface area contributed by atoms with Gasteiger partial charge in [0.25, 0.3) is 0 Å². The van der Waals surface area contributed by atoms with E-state index in [0.717, 1.165) is 40.1 Å². The normalized spacial score (nSPS) is 18.4. The number of carbonyl (C=O) groups excluding carboxylic acids is 1. The number of fused-ring (bicyclic) bond motifs is 1. The molecule has 9 heteroatoms. The van der Waals surface area contributed by atoms with Crippen molar-refractivity contribution in [2.24, 2.45) is 0 Å². The molecule has 0 atom stereocenters. The van der Waals surface area contributed by atoms with Gasteiger partial charge < -0.3 is 14.4 Å². The highest BCUT2D eigenvalue weighted by Crippen LogP contribution is 2.33. The lowest BCUT2D eigenvalue weighted by Crippen LogP contribution is -2.41. The summed E-state index contributed by atoms with van der Waals surface area (Å²) in [6.45, 7) is 8.47. The topological polar surface area (TPSA) is 82.4 Å². The van der Waals surface area contributed by atoms with Crippen molar-refractivity contribution in [2.75, 3.05) is 26.3 Å². The number of aromatic nitrogens is 4. The minimum atomic E-state index is -0.468. The van der Waals surface area contributed by atoms with E-state index in [9.17, 15) is 4.79 Å². The number of hydrogen-bond donors (Lipinski definition) is 0. The molecule has 2 fully saturated rings. The van der Waals surface area contributed by atoms with Gasteiger partial charge in [-0.2, -0.15) is 9.47 Å². The molecule has 2 aromatic heterocycles. The van der Waals surface area contributed by atoms with Gasteiger partial charge in [-0.3, -0.25) is 4.68 Å². The van der Waals surface area contributed by atoms with E-state index in [1.54, 1.807) is 4.90 Å². The number of ether oxygens (including phenoxy) is 2. The molecule has 0 radical (unpaired) electrons. The summed E-state index contributed by atoms with van der Waals surface area (Å²) in [6.07, 6.45) is 3.42. The Morgan fingerprint density at radius 2 is 2.00 bits per heavy atom. The van der Waals surface area contributed by atoms with E-state index in [4.69, 9.17) is 14.5 Å². The first-order valence-corrected chi connectivity index (χ1v) is 11.5. The van der Waals surface area contributed by atoms with Gasteiger partial charge in [0.05, 0.1) is 31.0 Å². The molecule has 2 aliphatic heterocycles. The Kier molecular flexibility index (Phi) is 5.18. The average molecular weight is 442 g/mol. The van der Waals surface area contributed by atoms with Crippen molar-refractivity contribution in [1.29, 1.82) is 0 Å². The van der Waals surface area contributed by atoms with Gasteiger partial charge >= 0.3 is 6.09 Å². The van der Waals surface area contributed by atoms with Crippen LogP contribution < -0.4 is 0 Å². The Bertz CT molecular complexity index is 1090. The van der Waals surface area contributed by atoms with Crippen molar-refractivity contribution in [3.8, 4) is 11.4 Å². The molecule has 8 nitrogen and oxygen atoms in total. The molecule has 0 spiro atoms. The Morgan fingerprint density at radius 3 is 2.68 bits per heavy atom. The fourth-order valence-electron chi connectivity index (χ4n) is 3.99. The summed E-state index contributed by atoms with van der Waals surface area (Å²) in [7, 11) is 0. The monoisotopic (exact) mass is 441 g/mol. The van der Waals surface area contributed by atoms with Crippen LogP contribution in [0.4, 0.5) is 4.79 Å². The molecular formula is C22H27N5O3S. The molecule has 0 N–H and O–H groups in total. The second kappa shape index (κ2) is 7.87. The van der Waals surface area contributed by atoms with E-state index in [2.05, 4.69) is 27.7 Å². The van der Waals surface area contributed by atoms with Gasteiger partial charge in [-0.15, -0.1) is 0 Å². The molecule has 0 unspecified atom stereocenters. The van der Waals surface area contributed by atoms with Crippen molar-refractivity contribution in [2.45, 2.75) is 51.2 Å². The summed E-state index contributed by atoms with van der Waals surface area (Å²) in [4.78, 5) is 18.9. The van der Waals surface area contributed by atoms with E-state index in [-0.39, 0.29) is 6.09 Å². The molecule has 2 aliphatic rings. The maximum Gasteiger partial charge on any atom is 0.410 e. The van der Waals surface area contributed by atoms with Crippen molar-refractivity contribution in [3.63, 3.8) is 0 Å². The van der Waals surface area contributed by atoms with Crippen molar-refractivity contribution in [3.05, 3.63) is 29.4 Å². The van der Waals surface area contributed by atoms with E-state index in [1.807, 2.05) is 31.6 Å². The number of piperidine rings is 1. The number of benzene rings is 1. The quantitative estimate of drug-likeness (QED) is 0.605. The van der Waals surface area contributed by atoms with Crippen LogP contribution >= 0.6 is 11.5 Å². The van der Waals surface area contributed by atoms with Crippen molar-refractivity contribution >= 4 is 28.5 Å². The van der Waals surface area contributed by atoms with Gasteiger partial charge in [-0.25, -0.2) is 9.78 Å². The van der Waals surface area contributed by atoms with E-state index >= 15 is 0 Å². The van der Waals surface area contributed by atoms with Crippen molar-refractivity contribution < 1.29 is 14.3 Å². The maximum absolute atomic E-state index is 12.3. The van der Waals surface area contributed by atoms with Gasteiger partial charge in [0, 0.05) is 30.0 Å². The number of likely N-dealkylation sites (tertiary alicyclic amines) is 1. The molecule has 0 saturated carbocycles. The third kappa shape index (κ3) is 4.16. The van der Waals surface area contributed by atoms with Crippen molar-refractivity contribution in [1.82, 2.24) is 24.0 Å². The van der Waals surface area contributed by atoms with Gasteiger partial charge in [-0.05, 0) is 51.2 Å². The summed E-state index contributed by atoms with van der Waals surface area (Å²) in [5.74, 6) is 1.08. The molecule has 0 aliphatic carbocycles. The Hall–Kier alpha value is -2.52. The molecule has 5 rings (SSSR count). The predicted octanol–water partition coefficient (Wildman–Crippen LogP) is 4.24. The molecular weight excluding hydrogens is 414 g/mol. The standard InChI is InChI=1S/C22H27N5O3S/c1-22(2,3)30-21(28)26-8-6-14(7-9-26)20-24-19(25-31-20)15-4-5-16-11-23-27(18(16)10-15)17-12-29-13-17/h4-5,10-11,14,17H,6-9,12-13H2,1-3H3. The van der Waals surface area contributed by atoms with Gasteiger partial charge in [0.1, 0.15) is 10.6 Å². The van der Waals surface area contributed by atoms with Crippen LogP contribution in [0.5, 0.6) is 0 Å². The van der Waals surface area contributed by atoms with Crippen LogP contribution in [0.25, 0.3) is 22.3 Å². The SMILES string of the molecule is CC(C)(C)OC(=O)N1CCC(c2nc(-c3ccc4cnn(C5COC5)c4c3)ns2)CC1. The molecule has 2 saturated heterocycles. The van der Waals surface area contributed by atoms with Gasteiger partial charge in [-0.1, -0.05) is 12.1 Å². The first kappa shape index (κ1) is 20.4. The minimum absolute atomic E-state index is 0.231. The second-order valence-electron chi connectivity index (χ2n) is 9.25. The van der Waals surface area contributed by atoms with Crippen LogP contribution in [0, 0.1) is 0 Å². The van der Waals surface area contributed by atoms with Crippen LogP contribution in [0.1, 0.15) is 50.6 Å². The van der Waals surface area contributed by atoms with Crippen LogP contribution in [-0.4, -0.2) is 62.0 Å². The molecule has 31 heavy (non-hydrogen) atoms. The zero-order valence-corrected chi connectivity index (χ0v) is 18.9. The molecule has 1 amide bonds. The summed E-state index contributed by atoms with van der Waals surface area (Å²) in [5, 5.41) is 6.68. The van der Waals surface area contributed by atoms with Gasteiger partial charge in [0.15, 0.2) is 5.82 Å². The highest BCUT2D eigenvalue weighted by molar-refractivity contribution is 7.05. The number of rotatable bonds is 3. The second-order valence-corrected chi connectivity index (χ2v) is 10.0. The Labute approximate surface area is 185 Å². The average Bonchev–Trinajstić information content (AvgIpc) is 3.33. The lowest BCUT2D eigenvalue weighted by atomic mass is 9.98. The predicted molar refractivity (Wildman–Crippen MR) is 118 cm³/mol. The third-order valence-corrected chi connectivity index (χ3v) is 6.64. The fraction of sp³-hybridized carbons (Fsp3) is 0.545. The number of hydrogen-bond acceptors (Lipinski definition) is 7. The van der Waals surface area contributed by atoms with E-state index in [1.165, 1.54) is 11.5 Å². The van der Waals surface area contributed by atoms with E-state index in [0.29, 0.717) is 38.3 Å². The first-order valence-electron chi connectivity index (χ1n) is 10.7. The maximum atomic E-state index is 12.3. The molecule has 1 aromatic carbocycles. The fourth-order valence-corrected chi connectivity index (χ4v) is 4.82. The van der Waals surface area contributed by atoms with Gasteiger partial charge in [0.2, 0.25) is 0 Å². The third-order valence-electron chi connectivity index (χ3n) is 5.76. The highest BCUT2D eigenvalue weighted by Gasteiger charge is 2.29. The molecule has 3 aromatic rings. The molecule has 4 heterocycles. The number of amides is 1. The number of nitrogens with zero attached hydrogens (tertiary/aromatic N) is 5. The lowest BCUT2D eigenvalue weighted by Gasteiger charge is -2.32. The summed E-state index contributed by atoms with van der Waals surface area (Å²) in [6, 6.07) is 6.57. The smallest absolute Gasteiger partial charge is 0.410 e. The lowest BCUT2D eigenvalue weighted by molar-refractivity contribution is -0.0266. The Balaban J connectivity index is 1.28. The zero-order chi connectivity index (χ0) is 21.6.